The third-order valence-electron chi connectivity index (χ3n) is 1.65. The Kier molecular flexibility index (Phi) is 3.12. The van der Waals surface area contributed by atoms with Gasteiger partial charge in [-0.1, -0.05) is 31.2 Å². The summed E-state index contributed by atoms with van der Waals surface area (Å²) in [6.45, 7) is 2.22. The monoisotopic (exact) mass is 149 g/mol. The minimum absolute atomic E-state index is 0.132. The molecule has 11 heavy (non-hydrogen) atoms. The van der Waals surface area contributed by atoms with Crippen molar-refractivity contribution in [2.45, 2.75) is 20.0 Å². The lowest BCUT2D eigenvalue weighted by Crippen LogP contribution is -1.90. The highest BCUT2D eigenvalue weighted by Gasteiger charge is 1.97. The van der Waals surface area contributed by atoms with Gasteiger partial charge in [0.2, 0.25) is 0 Å². The molecule has 1 nitrogen and oxygen atoms in total. The standard InChI is InChI=1S/C10H13O/c1-2-5-9-6-3-4-7-10(9)8-11/h3-7,11H,2,8H2,1H3. The van der Waals surface area contributed by atoms with Gasteiger partial charge in [-0.05, 0) is 24.0 Å². The lowest BCUT2D eigenvalue weighted by atomic mass is 10.0. The van der Waals surface area contributed by atoms with Gasteiger partial charge in [0, 0.05) is 0 Å². The Bertz CT molecular complexity index is 218. The van der Waals surface area contributed by atoms with Gasteiger partial charge in [-0.2, -0.15) is 0 Å². The average Bonchev–Trinajstić information content (AvgIpc) is 2.06. The van der Waals surface area contributed by atoms with Crippen molar-refractivity contribution in [3.63, 3.8) is 0 Å². The van der Waals surface area contributed by atoms with Crippen LogP contribution in [0.1, 0.15) is 24.5 Å². The summed E-state index contributed by atoms with van der Waals surface area (Å²) in [6, 6.07) is 7.90. The first kappa shape index (κ1) is 8.28. The number of hydrogen-bond donors (Lipinski definition) is 1. The van der Waals surface area contributed by atoms with Crippen LogP contribution < -0.4 is 0 Å². The Balaban J connectivity index is 2.83. The molecular formula is C10H13O. The molecule has 0 saturated carbocycles. The molecule has 1 N–H and O–H groups in total. The van der Waals surface area contributed by atoms with Crippen molar-refractivity contribution in [3.05, 3.63) is 41.8 Å². The third-order valence-corrected chi connectivity index (χ3v) is 1.65. The molecular weight excluding hydrogens is 136 g/mol. The molecule has 0 amide bonds. The van der Waals surface area contributed by atoms with Crippen molar-refractivity contribution in [2.24, 2.45) is 0 Å². The normalized spacial score (nSPS) is 10.0. The second-order valence-electron chi connectivity index (χ2n) is 2.47. The zero-order valence-corrected chi connectivity index (χ0v) is 6.75. The summed E-state index contributed by atoms with van der Waals surface area (Å²) in [7, 11) is 0. The predicted molar refractivity (Wildman–Crippen MR) is 46.1 cm³/mol. The first-order chi connectivity index (χ1) is 5.38. The third kappa shape index (κ3) is 2.05. The van der Waals surface area contributed by atoms with Gasteiger partial charge in [0.25, 0.3) is 0 Å². The zero-order chi connectivity index (χ0) is 8.10. The molecule has 0 spiro atoms. The molecule has 0 saturated heterocycles. The van der Waals surface area contributed by atoms with Crippen LogP contribution in [0.3, 0.4) is 0 Å². The molecule has 0 aromatic heterocycles. The maximum absolute atomic E-state index is 8.93. The van der Waals surface area contributed by atoms with E-state index in [1.54, 1.807) is 0 Å². The highest BCUT2D eigenvalue weighted by molar-refractivity contribution is 5.32. The summed E-state index contributed by atoms with van der Waals surface area (Å²) in [5.74, 6) is 0. The van der Waals surface area contributed by atoms with Crippen LogP contribution in [0.4, 0.5) is 0 Å². The van der Waals surface area contributed by atoms with Crippen molar-refractivity contribution in [3.8, 4) is 0 Å². The van der Waals surface area contributed by atoms with Crippen LogP contribution in [-0.4, -0.2) is 5.11 Å². The van der Waals surface area contributed by atoms with Gasteiger partial charge in [0.05, 0.1) is 6.61 Å². The van der Waals surface area contributed by atoms with Gasteiger partial charge >= 0.3 is 0 Å². The van der Waals surface area contributed by atoms with Gasteiger partial charge in [0.15, 0.2) is 0 Å². The highest BCUT2D eigenvalue weighted by atomic mass is 16.3. The van der Waals surface area contributed by atoms with E-state index in [0.29, 0.717) is 0 Å². The van der Waals surface area contributed by atoms with E-state index in [2.05, 4.69) is 13.3 Å². The molecule has 59 valence electrons. The quantitative estimate of drug-likeness (QED) is 0.698. The van der Waals surface area contributed by atoms with Crippen molar-refractivity contribution in [2.75, 3.05) is 0 Å². The maximum atomic E-state index is 8.93. The van der Waals surface area contributed by atoms with E-state index in [4.69, 9.17) is 5.11 Å². The summed E-state index contributed by atoms with van der Waals surface area (Å²) in [6.07, 6.45) is 3.13. The first-order valence-corrected chi connectivity index (χ1v) is 3.90. The van der Waals surface area contributed by atoms with Crippen LogP contribution >= 0.6 is 0 Å². The Hall–Kier alpha value is -0.820. The summed E-state index contributed by atoms with van der Waals surface area (Å²) >= 11 is 0. The van der Waals surface area contributed by atoms with Crippen LogP contribution in [0.2, 0.25) is 0 Å². The minimum Gasteiger partial charge on any atom is -0.392 e. The second kappa shape index (κ2) is 4.14. The average molecular weight is 149 g/mol. The van der Waals surface area contributed by atoms with Gasteiger partial charge in [0.1, 0.15) is 0 Å². The molecule has 0 aliphatic rings. The van der Waals surface area contributed by atoms with Crippen LogP contribution in [0.15, 0.2) is 24.3 Å². The van der Waals surface area contributed by atoms with E-state index in [9.17, 15) is 0 Å². The first-order valence-electron chi connectivity index (χ1n) is 3.90. The molecule has 0 bridgehead atoms. The summed E-state index contributed by atoms with van der Waals surface area (Å²) in [5, 5.41) is 8.93. The molecule has 1 rings (SSSR count). The fourth-order valence-electron chi connectivity index (χ4n) is 1.10. The molecule has 0 aliphatic carbocycles. The van der Waals surface area contributed by atoms with Gasteiger partial charge in [-0.3, -0.25) is 0 Å². The minimum atomic E-state index is 0.132. The van der Waals surface area contributed by atoms with Crippen molar-refractivity contribution in [1.29, 1.82) is 0 Å². The van der Waals surface area contributed by atoms with Crippen LogP contribution in [0.5, 0.6) is 0 Å². The van der Waals surface area contributed by atoms with Crippen LogP contribution in [-0.2, 0) is 6.61 Å². The number of rotatable bonds is 3. The van der Waals surface area contributed by atoms with Crippen molar-refractivity contribution >= 4 is 0 Å². The van der Waals surface area contributed by atoms with E-state index in [1.807, 2.05) is 24.3 Å². The molecule has 0 unspecified atom stereocenters. The Morgan fingerprint density at radius 3 is 2.73 bits per heavy atom. The number of hydrogen-bond acceptors (Lipinski definition) is 1. The molecule has 1 radical (unpaired) electrons. The SMILES string of the molecule is CC[CH]c1ccccc1CO. The molecule has 0 atom stereocenters. The molecule has 0 heterocycles. The lowest BCUT2D eigenvalue weighted by Gasteiger charge is -2.03. The van der Waals surface area contributed by atoms with Gasteiger partial charge < -0.3 is 5.11 Å². The van der Waals surface area contributed by atoms with E-state index in [0.717, 1.165) is 17.5 Å². The van der Waals surface area contributed by atoms with E-state index >= 15 is 0 Å². The fraction of sp³-hybridized carbons (Fsp3) is 0.300. The van der Waals surface area contributed by atoms with Gasteiger partial charge in [-0.25, -0.2) is 0 Å². The second-order valence-corrected chi connectivity index (χ2v) is 2.47. The largest absolute Gasteiger partial charge is 0.392 e. The number of aliphatic hydroxyl groups is 1. The predicted octanol–water partition coefficient (Wildman–Crippen LogP) is 2.14. The molecule has 0 fully saturated rings. The number of aliphatic hydroxyl groups excluding tert-OH is 1. The maximum Gasteiger partial charge on any atom is 0.0684 e. The van der Waals surface area contributed by atoms with E-state index in [-0.39, 0.29) is 6.61 Å². The Labute approximate surface area is 67.7 Å². The van der Waals surface area contributed by atoms with Crippen molar-refractivity contribution < 1.29 is 5.11 Å². The smallest absolute Gasteiger partial charge is 0.0684 e. The van der Waals surface area contributed by atoms with E-state index < -0.39 is 0 Å². The number of benzene rings is 1. The summed E-state index contributed by atoms with van der Waals surface area (Å²) in [5.41, 5.74) is 2.16. The topological polar surface area (TPSA) is 20.2 Å². The van der Waals surface area contributed by atoms with E-state index in [1.165, 1.54) is 0 Å². The Morgan fingerprint density at radius 1 is 1.36 bits per heavy atom. The Morgan fingerprint density at radius 2 is 2.09 bits per heavy atom. The molecule has 1 heteroatoms. The fourth-order valence-corrected chi connectivity index (χ4v) is 1.10. The molecule has 0 aliphatic heterocycles. The molecule has 1 aromatic rings. The van der Waals surface area contributed by atoms with Gasteiger partial charge in [-0.15, -0.1) is 0 Å². The summed E-state index contributed by atoms with van der Waals surface area (Å²) < 4.78 is 0. The van der Waals surface area contributed by atoms with Crippen molar-refractivity contribution in [1.82, 2.24) is 0 Å². The zero-order valence-electron chi connectivity index (χ0n) is 6.75. The highest BCUT2D eigenvalue weighted by Crippen LogP contribution is 2.11. The van der Waals surface area contributed by atoms with Crippen LogP contribution in [0, 0.1) is 6.42 Å². The summed E-state index contributed by atoms with van der Waals surface area (Å²) in [4.78, 5) is 0. The lowest BCUT2D eigenvalue weighted by molar-refractivity contribution is 0.281. The van der Waals surface area contributed by atoms with Crippen LogP contribution in [0.25, 0.3) is 0 Å². The molecule has 1 aromatic carbocycles.